The highest BCUT2D eigenvalue weighted by Gasteiger charge is 2.35. The van der Waals surface area contributed by atoms with Crippen molar-refractivity contribution in [2.45, 2.75) is 31.3 Å². The third-order valence-electron chi connectivity index (χ3n) is 7.04. The molecule has 2 N–H and O–H groups in total. The van der Waals surface area contributed by atoms with Crippen LogP contribution in [0.3, 0.4) is 0 Å². The average Bonchev–Trinajstić information content (AvgIpc) is 2.94. The normalized spacial score (nSPS) is 16.2. The number of nitrogens with zero attached hydrogens (tertiary/aromatic N) is 1. The number of hydrogen-bond donors (Lipinski definition) is 2. The number of hydrogen-bond acceptors (Lipinski definition) is 6. The molecule has 40 heavy (non-hydrogen) atoms. The molecule has 0 aliphatic carbocycles. The van der Waals surface area contributed by atoms with Crippen LogP contribution in [0.15, 0.2) is 48.5 Å². The van der Waals surface area contributed by atoms with Crippen LogP contribution in [-0.4, -0.2) is 49.5 Å². The van der Waals surface area contributed by atoms with Crippen LogP contribution >= 0.6 is 11.6 Å². The summed E-state index contributed by atoms with van der Waals surface area (Å²) in [5.41, 5.74) is -0.186. The molecule has 0 aromatic heterocycles. The van der Waals surface area contributed by atoms with E-state index in [1.54, 1.807) is 4.90 Å². The molecular formula is C29H28ClF3N2O5. The maximum absolute atomic E-state index is 14.9. The van der Waals surface area contributed by atoms with E-state index in [9.17, 15) is 23.1 Å². The molecule has 11 heteroatoms. The smallest absolute Gasteiger partial charge is 0.224 e. The Bertz CT molecular complexity index is 1380. The van der Waals surface area contributed by atoms with Gasteiger partial charge in [0.05, 0.1) is 16.4 Å². The first-order chi connectivity index (χ1) is 19.2. The number of benzene rings is 3. The molecule has 0 unspecified atom stereocenters. The van der Waals surface area contributed by atoms with Gasteiger partial charge in [0.1, 0.15) is 60.1 Å². The number of rotatable bonds is 9. The zero-order valence-corrected chi connectivity index (χ0v) is 22.3. The van der Waals surface area contributed by atoms with Crippen LogP contribution in [0, 0.1) is 17.5 Å². The summed E-state index contributed by atoms with van der Waals surface area (Å²) in [5, 5.41) is 13.8. The molecule has 0 radical (unpaired) electrons. The first kappa shape index (κ1) is 27.9. The van der Waals surface area contributed by atoms with Gasteiger partial charge in [0.25, 0.3) is 0 Å². The number of nitrogens with one attached hydrogen (secondary N) is 1. The molecule has 7 nitrogen and oxygen atoms in total. The largest absolute Gasteiger partial charge is 0.490 e. The van der Waals surface area contributed by atoms with E-state index < -0.39 is 17.2 Å². The molecule has 0 atom stereocenters. The number of carbonyl (C=O) groups is 1. The maximum atomic E-state index is 14.9. The van der Waals surface area contributed by atoms with Crippen molar-refractivity contribution < 1.29 is 37.3 Å². The zero-order valence-electron chi connectivity index (χ0n) is 21.5. The highest BCUT2D eigenvalue weighted by atomic mass is 35.5. The number of piperidine rings is 1. The molecule has 0 saturated carbocycles. The highest BCUT2D eigenvalue weighted by molar-refractivity contribution is 6.32. The van der Waals surface area contributed by atoms with Gasteiger partial charge < -0.3 is 29.5 Å². The van der Waals surface area contributed by atoms with Gasteiger partial charge >= 0.3 is 0 Å². The third kappa shape index (κ3) is 6.39. The van der Waals surface area contributed by atoms with E-state index in [0.717, 1.165) is 0 Å². The lowest BCUT2D eigenvalue weighted by Crippen LogP contribution is -2.48. The molecule has 1 amide bonds. The summed E-state index contributed by atoms with van der Waals surface area (Å²) < 4.78 is 59.2. The Morgan fingerprint density at radius 2 is 1.62 bits per heavy atom. The number of ether oxygens (including phenoxy) is 3. The van der Waals surface area contributed by atoms with E-state index in [1.807, 2.05) is 0 Å². The van der Waals surface area contributed by atoms with E-state index in [1.165, 1.54) is 48.5 Å². The molecule has 3 aromatic carbocycles. The molecule has 2 aliphatic heterocycles. The zero-order chi connectivity index (χ0) is 28.3. The van der Waals surface area contributed by atoms with Crippen molar-refractivity contribution in [3.63, 3.8) is 0 Å². The highest BCUT2D eigenvalue weighted by Crippen LogP contribution is 2.37. The molecule has 212 valence electrons. The molecule has 1 fully saturated rings. The van der Waals surface area contributed by atoms with Crippen LogP contribution < -0.4 is 24.4 Å². The van der Waals surface area contributed by atoms with Crippen LogP contribution in [0.25, 0.3) is 0 Å². The van der Waals surface area contributed by atoms with Crippen molar-refractivity contribution in [1.82, 2.24) is 0 Å². The summed E-state index contributed by atoms with van der Waals surface area (Å²) >= 11 is 6.20. The standard InChI is InChI=1S/C29H28ClF3N2O5/c30-21-15-23(33)24(16-26(21)39-14-13-38-19-3-1-18(31)2-4-19)35-11-9-29(37,10-12-35)17-40-25-7-6-22(32)28-20(25)5-8-27(36)34-28/h1-4,6-7,15-16,37H,5,8-14,17H2,(H,34,36). The Labute approximate surface area is 234 Å². The minimum Gasteiger partial charge on any atom is -0.490 e. The van der Waals surface area contributed by atoms with Crippen molar-refractivity contribution in [3.05, 3.63) is 76.6 Å². The SMILES string of the molecule is O=C1CCc2c(OCC3(O)CCN(c4cc(OCCOc5ccc(F)cc5)c(Cl)cc4F)CC3)ccc(F)c2N1. The van der Waals surface area contributed by atoms with Crippen LogP contribution in [0.4, 0.5) is 24.5 Å². The molecule has 0 bridgehead atoms. The maximum Gasteiger partial charge on any atom is 0.224 e. The van der Waals surface area contributed by atoms with Gasteiger partial charge in [-0.25, -0.2) is 13.2 Å². The Morgan fingerprint density at radius 3 is 2.38 bits per heavy atom. The predicted molar refractivity (Wildman–Crippen MR) is 144 cm³/mol. The molecule has 3 aromatic rings. The molecule has 0 spiro atoms. The Kier molecular flexibility index (Phi) is 8.27. The van der Waals surface area contributed by atoms with E-state index in [2.05, 4.69) is 5.32 Å². The Morgan fingerprint density at radius 1 is 0.900 bits per heavy atom. The fourth-order valence-corrected chi connectivity index (χ4v) is 5.00. The van der Waals surface area contributed by atoms with Gasteiger partial charge in [-0.05, 0) is 61.7 Å². The minimum atomic E-state index is -1.17. The summed E-state index contributed by atoms with van der Waals surface area (Å²) in [6.45, 7) is 0.982. The van der Waals surface area contributed by atoms with Crippen molar-refractivity contribution in [1.29, 1.82) is 0 Å². The number of halogens is 4. The number of aliphatic hydroxyl groups is 1. The first-order valence-electron chi connectivity index (χ1n) is 12.9. The van der Waals surface area contributed by atoms with E-state index >= 15 is 0 Å². The Balaban J connectivity index is 1.17. The number of amides is 1. The monoisotopic (exact) mass is 576 g/mol. The summed E-state index contributed by atoms with van der Waals surface area (Å²) in [6.07, 6.45) is 1.18. The average molecular weight is 577 g/mol. The van der Waals surface area contributed by atoms with Gasteiger partial charge in [-0.3, -0.25) is 4.79 Å². The second kappa shape index (κ2) is 11.9. The second-order valence-corrected chi connectivity index (χ2v) is 10.2. The third-order valence-corrected chi connectivity index (χ3v) is 7.34. The van der Waals surface area contributed by atoms with Crippen molar-refractivity contribution >= 4 is 28.9 Å². The molecule has 1 saturated heterocycles. The van der Waals surface area contributed by atoms with Gasteiger partial charge in [0, 0.05) is 31.1 Å². The summed E-state index contributed by atoms with van der Waals surface area (Å²) in [5.74, 6) is -0.458. The van der Waals surface area contributed by atoms with E-state index in [0.29, 0.717) is 55.1 Å². The predicted octanol–water partition coefficient (Wildman–Crippen LogP) is 5.51. The Hall–Kier alpha value is -3.63. The fourth-order valence-electron chi connectivity index (χ4n) is 4.79. The lowest BCUT2D eigenvalue weighted by Gasteiger charge is -2.39. The van der Waals surface area contributed by atoms with Gasteiger partial charge in [-0.2, -0.15) is 0 Å². The van der Waals surface area contributed by atoms with Gasteiger partial charge in [-0.15, -0.1) is 0 Å². The molecular weight excluding hydrogens is 549 g/mol. The topological polar surface area (TPSA) is 80.3 Å². The van der Waals surface area contributed by atoms with Crippen molar-refractivity contribution in [3.8, 4) is 17.2 Å². The van der Waals surface area contributed by atoms with Crippen LogP contribution in [-0.2, 0) is 11.2 Å². The minimum absolute atomic E-state index is 0.0294. The molecule has 2 aliphatic rings. The lowest BCUT2D eigenvalue weighted by molar-refractivity contribution is -0.116. The quantitative estimate of drug-likeness (QED) is 0.327. The lowest BCUT2D eigenvalue weighted by atomic mass is 9.92. The molecule has 2 heterocycles. The fraction of sp³-hybridized carbons (Fsp3) is 0.345. The van der Waals surface area contributed by atoms with Gasteiger partial charge in [0.2, 0.25) is 5.91 Å². The van der Waals surface area contributed by atoms with Crippen LogP contribution in [0.1, 0.15) is 24.8 Å². The first-order valence-corrected chi connectivity index (χ1v) is 13.3. The number of carbonyl (C=O) groups excluding carboxylic acids is 1. The van der Waals surface area contributed by atoms with E-state index in [-0.39, 0.29) is 54.4 Å². The second-order valence-electron chi connectivity index (χ2n) is 9.83. The summed E-state index contributed by atoms with van der Waals surface area (Å²) in [4.78, 5) is 13.5. The summed E-state index contributed by atoms with van der Waals surface area (Å²) in [6, 6.07) is 11.0. The van der Waals surface area contributed by atoms with Crippen LogP contribution in [0.2, 0.25) is 5.02 Å². The number of fused-ring (bicyclic) bond motifs is 1. The molecule has 5 rings (SSSR count). The van der Waals surface area contributed by atoms with Crippen LogP contribution in [0.5, 0.6) is 17.2 Å². The summed E-state index contributed by atoms with van der Waals surface area (Å²) in [7, 11) is 0. The number of anilines is 2. The van der Waals surface area contributed by atoms with E-state index in [4.69, 9.17) is 25.8 Å². The van der Waals surface area contributed by atoms with Crippen molar-refractivity contribution in [2.24, 2.45) is 0 Å². The van der Waals surface area contributed by atoms with Gasteiger partial charge in [-0.1, -0.05) is 11.6 Å². The van der Waals surface area contributed by atoms with Gasteiger partial charge in [0.15, 0.2) is 0 Å². The van der Waals surface area contributed by atoms with Crippen molar-refractivity contribution in [2.75, 3.05) is 43.1 Å².